The van der Waals surface area contributed by atoms with Crippen LogP contribution in [0.4, 0.5) is 13.2 Å². The highest BCUT2D eigenvalue weighted by molar-refractivity contribution is 5.68. The third-order valence-corrected chi connectivity index (χ3v) is 2.60. The van der Waals surface area contributed by atoms with Crippen LogP contribution in [0, 0.1) is 0 Å². The molecule has 0 aromatic heterocycles. The van der Waals surface area contributed by atoms with Crippen molar-refractivity contribution < 1.29 is 28.2 Å². The van der Waals surface area contributed by atoms with Crippen LogP contribution in [0.15, 0.2) is 24.3 Å². The molecule has 0 saturated heterocycles. The van der Waals surface area contributed by atoms with E-state index in [4.69, 9.17) is 10.2 Å². The van der Waals surface area contributed by atoms with E-state index < -0.39 is 30.0 Å². The Balaban J connectivity index is 3.15. The summed E-state index contributed by atoms with van der Waals surface area (Å²) in [6.45, 7) is -0.357. The van der Waals surface area contributed by atoms with Gasteiger partial charge in [0, 0.05) is 6.61 Å². The third kappa shape index (κ3) is 3.73. The van der Waals surface area contributed by atoms with Crippen molar-refractivity contribution in [3.8, 4) is 0 Å². The van der Waals surface area contributed by atoms with Gasteiger partial charge in [-0.3, -0.25) is 4.79 Å². The summed E-state index contributed by atoms with van der Waals surface area (Å²) in [6, 6.07) is 4.85. The summed E-state index contributed by atoms with van der Waals surface area (Å²) < 4.78 is 38.3. The van der Waals surface area contributed by atoms with Gasteiger partial charge in [0.25, 0.3) is 0 Å². The fraction of sp³-hybridized carbons (Fsp3) is 0.417. The molecular weight excluding hydrogens is 249 g/mol. The van der Waals surface area contributed by atoms with Crippen molar-refractivity contribution in [2.45, 2.75) is 24.9 Å². The first kappa shape index (κ1) is 14.5. The molecule has 0 heterocycles. The summed E-state index contributed by atoms with van der Waals surface area (Å²) in [5.41, 5.74) is -0.925. The quantitative estimate of drug-likeness (QED) is 0.857. The lowest BCUT2D eigenvalue weighted by molar-refractivity contribution is -0.140. The summed E-state index contributed by atoms with van der Waals surface area (Å²) in [4.78, 5) is 10.7. The Kier molecular flexibility index (Phi) is 4.72. The number of carboxylic acid groups (broad SMARTS) is 1. The van der Waals surface area contributed by atoms with E-state index in [1.54, 1.807) is 0 Å². The van der Waals surface area contributed by atoms with E-state index in [0.717, 1.165) is 6.07 Å². The van der Waals surface area contributed by atoms with E-state index in [-0.39, 0.29) is 18.6 Å². The minimum Gasteiger partial charge on any atom is -0.481 e. The predicted molar refractivity (Wildman–Crippen MR) is 58.1 cm³/mol. The SMILES string of the molecule is O=C(O)CC(CCO)c1ccccc1C(F)(F)F. The van der Waals surface area contributed by atoms with Gasteiger partial charge < -0.3 is 10.2 Å². The number of benzene rings is 1. The zero-order chi connectivity index (χ0) is 13.8. The molecule has 0 bridgehead atoms. The number of carbonyl (C=O) groups is 1. The Morgan fingerprint density at radius 2 is 1.89 bits per heavy atom. The molecule has 3 nitrogen and oxygen atoms in total. The van der Waals surface area contributed by atoms with Crippen molar-refractivity contribution in [1.82, 2.24) is 0 Å². The highest BCUT2D eigenvalue weighted by Gasteiger charge is 2.35. The van der Waals surface area contributed by atoms with Gasteiger partial charge >= 0.3 is 12.1 Å². The number of aliphatic hydroxyl groups excluding tert-OH is 1. The van der Waals surface area contributed by atoms with Gasteiger partial charge in [-0.1, -0.05) is 18.2 Å². The first-order valence-electron chi connectivity index (χ1n) is 5.35. The van der Waals surface area contributed by atoms with Gasteiger partial charge in [0.05, 0.1) is 12.0 Å². The molecule has 0 radical (unpaired) electrons. The summed E-state index contributed by atoms with van der Waals surface area (Å²) in [5.74, 6) is -2.03. The Morgan fingerprint density at radius 3 is 2.39 bits per heavy atom. The van der Waals surface area contributed by atoms with Crippen LogP contribution < -0.4 is 0 Å². The third-order valence-electron chi connectivity index (χ3n) is 2.60. The second-order valence-electron chi connectivity index (χ2n) is 3.89. The second kappa shape index (κ2) is 5.86. The van der Waals surface area contributed by atoms with Crippen LogP contribution in [-0.4, -0.2) is 22.8 Å². The molecule has 0 fully saturated rings. The summed E-state index contributed by atoms with van der Waals surface area (Å²) in [6.07, 6.45) is -4.98. The zero-order valence-corrected chi connectivity index (χ0v) is 9.44. The van der Waals surface area contributed by atoms with Gasteiger partial charge in [-0.15, -0.1) is 0 Å². The lowest BCUT2D eigenvalue weighted by Crippen LogP contribution is -2.15. The van der Waals surface area contributed by atoms with Gasteiger partial charge in [0.15, 0.2) is 0 Å². The summed E-state index contributed by atoms with van der Waals surface area (Å²) >= 11 is 0. The van der Waals surface area contributed by atoms with Gasteiger partial charge in [0.1, 0.15) is 0 Å². The molecule has 1 aromatic rings. The topological polar surface area (TPSA) is 57.5 Å². The van der Waals surface area contributed by atoms with Crippen molar-refractivity contribution in [1.29, 1.82) is 0 Å². The molecule has 0 aliphatic heterocycles. The molecule has 1 unspecified atom stereocenters. The fourth-order valence-corrected chi connectivity index (χ4v) is 1.85. The first-order valence-corrected chi connectivity index (χ1v) is 5.35. The number of rotatable bonds is 5. The highest BCUT2D eigenvalue weighted by Crippen LogP contribution is 2.37. The number of carboxylic acids is 1. The maximum atomic E-state index is 12.8. The molecule has 2 N–H and O–H groups in total. The number of aliphatic carboxylic acids is 1. The molecule has 0 spiro atoms. The molecule has 0 aliphatic rings. The van der Waals surface area contributed by atoms with Gasteiger partial charge in [0.2, 0.25) is 0 Å². The van der Waals surface area contributed by atoms with Crippen LogP contribution in [0.25, 0.3) is 0 Å². The van der Waals surface area contributed by atoms with Crippen molar-refractivity contribution in [3.63, 3.8) is 0 Å². The summed E-state index contributed by atoms with van der Waals surface area (Å²) in [5, 5.41) is 17.5. The molecular formula is C12H13F3O3. The van der Waals surface area contributed by atoms with Crippen molar-refractivity contribution in [3.05, 3.63) is 35.4 Å². The molecule has 0 aliphatic carbocycles. The van der Waals surface area contributed by atoms with Crippen molar-refractivity contribution >= 4 is 5.97 Å². The molecule has 0 saturated carbocycles. The Labute approximate surface area is 102 Å². The van der Waals surface area contributed by atoms with Crippen LogP contribution in [0.2, 0.25) is 0 Å². The highest BCUT2D eigenvalue weighted by atomic mass is 19.4. The number of aliphatic hydroxyl groups is 1. The molecule has 1 rings (SSSR count). The zero-order valence-electron chi connectivity index (χ0n) is 9.44. The largest absolute Gasteiger partial charge is 0.481 e. The molecule has 0 amide bonds. The molecule has 100 valence electrons. The Bertz CT molecular complexity index is 415. The lowest BCUT2D eigenvalue weighted by atomic mass is 9.89. The van der Waals surface area contributed by atoms with Gasteiger partial charge in [-0.25, -0.2) is 0 Å². The van der Waals surface area contributed by atoms with Gasteiger partial charge in [-0.05, 0) is 24.0 Å². The monoisotopic (exact) mass is 262 g/mol. The van der Waals surface area contributed by atoms with E-state index in [0.29, 0.717) is 0 Å². The Hall–Kier alpha value is -1.56. The summed E-state index contributed by atoms with van der Waals surface area (Å²) in [7, 11) is 0. The smallest absolute Gasteiger partial charge is 0.416 e. The van der Waals surface area contributed by atoms with Crippen LogP contribution in [0.5, 0.6) is 0 Å². The van der Waals surface area contributed by atoms with E-state index in [1.165, 1.54) is 18.2 Å². The number of hydrogen-bond acceptors (Lipinski definition) is 2. The van der Waals surface area contributed by atoms with Crippen molar-refractivity contribution in [2.75, 3.05) is 6.61 Å². The minimum absolute atomic E-state index is 0.0145. The number of alkyl halides is 3. The van der Waals surface area contributed by atoms with E-state index in [9.17, 15) is 18.0 Å². The van der Waals surface area contributed by atoms with Gasteiger partial charge in [-0.2, -0.15) is 13.2 Å². The first-order chi connectivity index (χ1) is 8.36. The average Bonchev–Trinajstić information content (AvgIpc) is 2.27. The molecule has 1 atom stereocenters. The maximum Gasteiger partial charge on any atom is 0.416 e. The standard InChI is InChI=1S/C12H13F3O3/c13-12(14,15)10-4-2-1-3-9(10)8(5-6-16)7-11(17)18/h1-4,8,16H,5-7H2,(H,17,18). The van der Waals surface area contributed by atoms with E-state index in [2.05, 4.69) is 0 Å². The second-order valence-corrected chi connectivity index (χ2v) is 3.89. The van der Waals surface area contributed by atoms with Crippen LogP contribution >= 0.6 is 0 Å². The van der Waals surface area contributed by atoms with Crippen molar-refractivity contribution in [2.24, 2.45) is 0 Å². The molecule has 6 heteroatoms. The molecule has 18 heavy (non-hydrogen) atoms. The predicted octanol–water partition coefficient (Wildman–Crippen LogP) is 2.65. The maximum absolute atomic E-state index is 12.8. The minimum atomic E-state index is -4.52. The molecule has 1 aromatic carbocycles. The average molecular weight is 262 g/mol. The number of halogens is 3. The number of hydrogen-bond donors (Lipinski definition) is 2. The van der Waals surface area contributed by atoms with Crippen LogP contribution in [-0.2, 0) is 11.0 Å². The lowest BCUT2D eigenvalue weighted by Gasteiger charge is -2.19. The van der Waals surface area contributed by atoms with Crippen LogP contribution in [0.1, 0.15) is 29.9 Å². The van der Waals surface area contributed by atoms with E-state index in [1.807, 2.05) is 0 Å². The van der Waals surface area contributed by atoms with Crippen LogP contribution in [0.3, 0.4) is 0 Å². The fourth-order valence-electron chi connectivity index (χ4n) is 1.85. The Morgan fingerprint density at radius 1 is 1.28 bits per heavy atom. The normalized spacial score (nSPS) is 13.3. The van der Waals surface area contributed by atoms with E-state index >= 15 is 0 Å².